The molecule has 2 N–H and O–H groups in total. The maximum absolute atomic E-state index is 14.5. The van der Waals surface area contributed by atoms with Crippen molar-refractivity contribution in [1.82, 2.24) is 19.8 Å². The summed E-state index contributed by atoms with van der Waals surface area (Å²) in [4.78, 5) is 18.9. The molecule has 0 bridgehead atoms. The van der Waals surface area contributed by atoms with Crippen LogP contribution in [0.3, 0.4) is 0 Å². The van der Waals surface area contributed by atoms with Crippen LogP contribution in [0.15, 0.2) is 24.7 Å². The fraction of sp³-hybridized carbons (Fsp3) is 0.474. The monoisotopic (exact) mass is 408 g/mol. The number of nitrogens with zero attached hydrogens (tertiary/aromatic N) is 2. The minimum Gasteiger partial charge on any atom is -0.337 e. The Kier molecular flexibility index (Phi) is 6.14. The smallest absolute Gasteiger partial charge is 0.269 e. The van der Waals surface area contributed by atoms with E-state index in [0.29, 0.717) is 24.1 Å². The van der Waals surface area contributed by atoms with Crippen molar-refractivity contribution in [1.29, 1.82) is 0 Å². The molecule has 1 aromatic carbocycles. The predicted octanol–water partition coefficient (Wildman–Crippen LogP) is 2.91. The van der Waals surface area contributed by atoms with Gasteiger partial charge in [-0.1, -0.05) is 19.3 Å². The second-order valence-corrected chi connectivity index (χ2v) is 9.07. The third kappa shape index (κ3) is 4.41. The second-order valence-electron chi connectivity index (χ2n) is 7.11. The van der Waals surface area contributed by atoms with Crippen LogP contribution in [0.1, 0.15) is 54.9 Å². The summed E-state index contributed by atoms with van der Waals surface area (Å²) in [6.45, 7) is 4.26. The van der Waals surface area contributed by atoms with Gasteiger partial charge in [0.25, 0.3) is 5.91 Å². The molecule has 9 heteroatoms. The van der Waals surface area contributed by atoms with Gasteiger partial charge in [0, 0.05) is 18.3 Å². The Hall–Kier alpha value is -2.26. The average molecular weight is 408 g/mol. The number of aryl methyl sites for hydroxylation is 2. The molecule has 1 amide bonds. The first-order valence-corrected chi connectivity index (χ1v) is 11.0. The molecule has 28 heavy (non-hydrogen) atoms. The molecular formula is C19H25FN4O3S. The van der Waals surface area contributed by atoms with Crippen molar-refractivity contribution in [2.75, 3.05) is 0 Å². The van der Waals surface area contributed by atoms with Crippen LogP contribution in [0.5, 0.6) is 0 Å². The number of rotatable bonds is 6. The summed E-state index contributed by atoms with van der Waals surface area (Å²) in [6.07, 6.45) is 7.30. The Bertz CT molecular complexity index is 966. The third-order valence-corrected chi connectivity index (χ3v) is 6.83. The molecule has 1 heterocycles. The number of carbonyl (C=O) groups excluding carboxylic acids is 1. The minimum atomic E-state index is -3.69. The SMILES string of the molecule is CCn1cnc(-c2cc(C)c(F)c(C(=O)NNS(=O)(=O)C3CCCCC3)c2)c1. The van der Waals surface area contributed by atoms with E-state index in [9.17, 15) is 17.6 Å². The molecule has 0 atom stereocenters. The van der Waals surface area contributed by atoms with Gasteiger partial charge in [-0.05, 0) is 44.4 Å². The van der Waals surface area contributed by atoms with Crippen molar-refractivity contribution in [3.8, 4) is 11.3 Å². The Morgan fingerprint density at radius 1 is 1.29 bits per heavy atom. The van der Waals surface area contributed by atoms with Crippen LogP contribution in [-0.4, -0.2) is 29.1 Å². The highest BCUT2D eigenvalue weighted by molar-refractivity contribution is 7.90. The normalized spacial score (nSPS) is 15.5. The first kappa shape index (κ1) is 20.5. The average Bonchev–Trinajstić information content (AvgIpc) is 3.18. The lowest BCUT2D eigenvalue weighted by Gasteiger charge is -2.22. The molecule has 0 aliphatic heterocycles. The Morgan fingerprint density at radius 3 is 2.64 bits per heavy atom. The fourth-order valence-electron chi connectivity index (χ4n) is 3.41. The standard InChI is InChI=1S/C19H25FN4O3S/c1-3-24-11-17(21-12-24)14-9-13(2)18(20)16(10-14)19(25)22-23-28(26,27)15-7-5-4-6-8-15/h9-12,15,23H,3-8H2,1-2H3,(H,22,25). The highest BCUT2D eigenvalue weighted by atomic mass is 32.2. The lowest BCUT2D eigenvalue weighted by atomic mass is 10.0. The molecule has 1 aliphatic carbocycles. The summed E-state index contributed by atoms with van der Waals surface area (Å²) < 4.78 is 41.1. The van der Waals surface area contributed by atoms with Crippen LogP contribution < -0.4 is 10.3 Å². The number of carbonyl (C=O) groups is 1. The van der Waals surface area contributed by atoms with E-state index in [1.54, 1.807) is 25.5 Å². The molecule has 1 saturated carbocycles. The molecule has 1 fully saturated rings. The van der Waals surface area contributed by atoms with Crippen LogP contribution in [0, 0.1) is 12.7 Å². The van der Waals surface area contributed by atoms with Crippen LogP contribution in [0.2, 0.25) is 0 Å². The summed E-state index contributed by atoms with van der Waals surface area (Å²) in [5.74, 6) is -1.52. The highest BCUT2D eigenvalue weighted by Crippen LogP contribution is 2.24. The minimum absolute atomic E-state index is 0.229. The van der Waals surface area contributed by atoms with Gasteiger partial charge in [0.05, 0.1) is 22.8 Å². The number of nitrogens with one attached hydrogen (secondary N) is 2. The number of benzene rings is 1. The van der Waals surface area contributed by atoms with Crippen LogP contribution in [0.4, 0.5) is 4.39 Å². The first-order chi connectivity index (χ1) is 13.3. The van der Waals surface area contributed by atoms with Crippen molar-refractivity contribution >= 4 is 15.9 Å². The maximum atomic E-state index is 14.5. The summed E-state index contributed by atoms with van der Waals surface area (Å²) in [5, 5.41) is -0.530. The van der Waals surface area contributed by atoms with Crippen LogP contribution >= 0.6 is 0 Å². The molecule has 1 aromatic heterocycles. The lowest BCUT2D eigenvalue weighted by Crippen LogP contribution is -2.46. The van der Waals surface area contributed by atoms with Crippen molar-refractivity contribution in [2.24, 2.45) is 0 Å². The number of halogens is 1. The van der Waals surface area contributed by atoms with Gasteiger partial charge < -0.3 is 4.57 Å². The summed E-state index contributed by atoms with van der Waals surface area (Å²) in [5.41, 5.74) is 3.41. The largest absolute Gasteiger partial charge is 0.337 e. The fourth-order valence-corrected chi connectivity index (χ4v) is 4.76. The van der Waals surface area contributed by atoms with Gasteiger partial charge in [-0.15, -0.1) is 4.83 Å². The molecule has 2 aromatic rings. The van der Waals surface area contributed by atoms with Crippen molar-refractivity contribution in [2.45, 2.75) is 57.7 Å². The number of hydrogen-bond donors (Lipinski definition) is 2. The van der Waals surface area contributed by atoms with Gasteiger partial charge in [0.15, 0.2) is 0 Å². The highest BCUT2D eigenvalue weighted by Gasteiger charge is 2.28. The van der Waals surface area contributed by atoms with Crippen LogP contribution in [-0.2, 0) is 16.6 Å². The number of hydrogen-bond acceptors (Lipinski definition) is 4. The number of hydrazine groups is 1. The van der Waals surface area contributed by atoms with Gasteiger partial charge in [0.2, 0.25) is 10.0 Å². The zero-order valence-corrected chi connectivity index (χ0v) is 16.9. The molecule has 0 unspecified atom stereocenters. The second kappa shape index (κ2) is 8.40. The summed E-state index contributed by atoms with van der Waals surface area (Å²) in [6, 6.07) is 3.00. The molecule has 3 rings (SSSR count). The Labute approximate surface area is 164 Å². The summed E-state index contributed by atoms with van der Waals surface area (Å²) >= 11 is 0. The van der Waals surface area contributed by atoms with Gasteiger partial charge in [-0.2, -0.15) is 0 Å². The van der Waals surface area contributed by atoms with E-state index in [-0.39, 0.29) is 11.1 Å². The van der Waals surface area contributed by atoms with E-state index in [0.717, 1.165) is 25.8 Å². The van der Waals surface area contributed by atoms with E-state index in [2.05, 4.69) is 15.2 Å². The third-order valence-electron chi connectivity index (χ3n) is 5.09. The van der Waals surface area contributed by atoms with Gasteiger partial charge in [-0.3, -0.25) is 10.2 Å². The summed E-state index contributed by atoms with van der Waals surface area (Å²) in [7, 11) is -3.69. The van der Waals surface area contributed by atoms with E-state index in [1.807, 2.05) is 11.5 Å². The molecule has 0 radical (unpaired) electrons. The van der Waals surface area contributed by atoms with Crippen LogP contribution in [0.25, 0.3) is 11.3 Å². The van der Waals surface area contributed by atoms with Gasteiger partial charge in [-0.25, -0.2) is 17.8 Å². The molecule has 152 valence electrons. The number of sulfonamides is 1. The number of imidazole rings is 1. The van der Waals surface area contributed by atoms with E-state index < -0.39 is 27.0 Å². The molecule has 1 aliphatic rings. The number of amides is 1. The Balaban J connectivity index is 1.79. The molecule has 0 spiro atoms. The zero-order chi connectivity index (χ0) is 20.3. The maximum Gasteiger partial charge on any atom is 0.269 e. The number of aromatic nitrogens is 2. The van der Waals surface area contributed by atoms with E-state index >= 15 is 0 Å². The molecular weight excluding hydrogens is 383 g/mol. The van der Waals surface area contributed by atoms with E-state index in [1.165, 1.54) is 6.07 Å². The quantitative estimate of drug-likeness (QED) is 0.719. The Morgan fingerprint density at radius 2 is 2.00 bits per heavy atom. The van der Waals surface area contributed by atoms with Crippen molar-refractivity contribution in [3.05, 3.63) is 41.6 Å². The predicted molar refractivity (Wildman–Crippen MR) is 104 cm³/mol. The molecule has 7 nitrogen and oxygen atoms in total. The first-order valence-electron chi connectivity index (χ1n) is 9.45. The van der Waals surface area contributed by atoms with E-state index in [4.69, 9.17) is 0 Å². The van der Waals surface area contributed by atoms with Gasteiger partial charge in [0.1, 0.15) is 5.82 Å². The van der Waals surface area contributed by atoms with Gasteiger partial charge >= 0.3 is 0 Å². The van der Waals surface area contributed by atoms with Crippen molar-refractivity contribution < 1.29 is 17.6 Å². The van der Waals surface area contributed by atoms with Crippen molar-refractivity contribution in [3.63, 3.8) is 0 Å². The molecule has 0 saturated heterocycles. The lowest BCUT2D eigenvalue weighted by molar-refractivity contribution is 0.0940. The topological polar surface area (TPSA) is 93.1 Å². The zero-order valence-electron chi connectivity index (χ0n) is 16.0.